The van der Waals surface area contributed by atoms with Crippen LogP contribution >= 0.6 is 15.9 Å². The van der Waals surface area contributed by atoms with Gasteiger partial charge in [0.05, 0.1) is 0 Å². The second kappa shape index (κ2) is 7.56. The molecule has 2 N–H and O–H groups in total. The summed E-state index contributed by atoms with van der Waals surface area (Å²) in [6.45, 7) is 1.72. The quantitative estimate of drug-likeness (QED) is 0.814. The van der Waals surface area contributed by atoms with E-state index < -0.39 is 11.8 Å². The topological polar surface area (TPSA) is 80.3 Å². The Balaban J connectivity index is 1.78. The third-order valence-electron chi connectivity index (χ3n) is 2.71. The number of nitrogens with zero attached hydrogens (tertiary/aromatic N) is 1. The largest absolute Gasteiger partial charge is 0.484 e. The Labute approximate surface area is 136 Å². The number of hydrazine groups is 1. The van der Waals surface area contributed by atoms with E-state index in [1.54, 1.807) is 24.3 Å². The lowest BCUT2D eigenvalue weighted by Gasteiger charge is -2.09. The van der Waals surface area contributed by atoms with E-state index in [4.69, 9.17) is 4.74 Å². The maximum Gasteiger partial charge on any atom is 0.288 e. The third-order valence-corrected chi connectivity index (χ3v) is 3.60. The van der Waals surface area contributed by atoms with Crippen molar-refractivity contribution in [2.45, 2.75) is 6.92 Å². The van der Waals surface area contributed by atoms with Crippen LogP contribution in [0.15, 0.2) is 47.1 Å². The van der Waals surface area contributed by atoms with Crippen molar-refractivity contribution in [2.75, 3.05) is 6.61 Å². The summed E-state index contributed by atoms with van der Waals surface area (Å²) in [7, 11) is 0. The molecule has 7 heteroatoms. The zero-order chi connectivity index (χ0) is 15.9. The van der Waals surface area contributed by atoms with Crippen LogP contribution in [0.25, 0.3) is 0 Å². The highest BCUT2D eigenvalue weighted by Crippen LogP contribution is 2.21. The zero-order valence-electron chi connectivity index (χ0n) is 11.8. The molecule has 1 aromatic carbocycles. The van der Waals surface area contributed by atoms with E-state index in [1.165, 1.54) is 6.20 Å². The Hall–Kier alpha value is -2.41. The van der Waals surface area contributed by atoms with E-state index in [1.807, 2.05) is 19.1 Å². The first kappa shape index (κ1) is 16.0. The van der Waals surface area contributed by atoms with Crippen LogP contribution in [0.2, 0.25) is 0 Å². The minimum Gasteiger partial charge on any atom is -0.484 e. The number of nitrogens with one attached hydrogen (secondary N) is 2. The summed E-state index contributed by atoms with van der Waals surface area (Å²) in [5, 5.41) is 0. The van der Waals surface area contributed by atoms with Gasteiger partial charge in [-0.3, -0.25) is 25.4 Å². The molecule has 0 fully saturated rings. The first-order valence-electron chi connectivity index (χ1n) is 6.45. The Morgan fingerprint density at radius 1 is 1.23 bits per heavy atom. The molecule has 0 radical (unpaired) electrons. The smallest absolute Gasteiger partial charge is 0.288 e. The molecular weight excluding hydrogens is 350 g/mol. The number of aromatic nitrogens is 1. The Morgan fingerprint density at radius 2 is 2.05 bits per heavy atom. The van der Waals surface area contributed by atoms with Gasteiger partial charge >= 0.3 is 0 Å². The molecule has 0 saturated carbocycles. The monoisotopic (exact) mass is 363 g/mol. The Morgan fingerprint density at radius 3 is 2.73 bits per heavy atom. The van der Waals surface area contributed by atoms with Crippen LogP contribution in [-0.2, 0) is 4.79 Å². The predicted molar refractivity (Wildman–Crippen MR) is 84.2 cm³/mol. The second-order valence-electron chi connectivity index (χ2n) is 4.42. The number of carbonyl (C=O) groups is 2. The first-order chi connectivity index (χ1) is 10.6. The van der Waals surface area contributed by atoms with Crippen LogP contribution in [0.5, 0.6) is 5.75 Å². The number of halogens is 1. The van der Waals surface area contributed by atoms with Gasteiger partial charge in [0.2, 0.25) is 0 Å². The number of aryl methyl sites for hydroxylation is 1. The van der Waals surface area contributed by atoms with Crippen molar-refractivity contribution in [2.24, 2.45) is 0 Å². The summed E-state index contributed by atoms with van der Waals surface area (Å²) in [6, 6.07) is 10.3. The molecule has 2 amide bonds. The molecule has 0 aliphatic carbocycles. The Bertz CT molecular complexity index is 677. The average molecular weight is 364 g/mol. The zero-order valence-corrected chi connectivity index (χ0v) is 13.4. The molecule has 114 valence electrons. The van der Waals surface area contributed by atoms with Gasteiger partial charge in [0, 0.05) is 10.7 Å². The lowest BCUT2D eigenvalue weighted by Crippen LogP contribution is -2.44. The molecule has 6 nitrogen and oxygen atoms in total. The summed E-state index contributed by atoms with van der Waals surface area (Å²) in [6.07, 6.45) is 1.50. The maximum absolute atomic E-state index is 11.7. The minimum absolute atomic E-state index is 0.205. The average Bonchev–Trinajstić information content (AvgIpc) is 2.54. The highest BCUT2D eigenvalue weighted by atomic mass is 79.9. The van der Waals surface area contributed by atoms with Gasteiger partial charge in [0.15, 0.2) is 6.61 Å². The molecule has 0 aliphatic heterocycles. The summed E-state index contributed by atoms with van der Waals surface area (Å²) in [5.74, 6) is -0.384. The second-order valence-corrected chi connectivity index (χ2v) is 5.27. The summed E-state index contributed by atoms with van der Waals surface area (Å²) in [4.78, 5) is 27.2. The molecule has 1 heterocycles. The van der Waals surface area contributed by atoms with Gasteiger partial charge in [-0.1, -0.05) is 22.0 Å². The number of carbonyl (C=O) groups excluding carboxylic acids is 2. The minimum atomic E-state index is -0.492. The standard InChI is InChI=1S/C15H14BrN3O3/c1-10-8-11(5-6-12(10)16)22-9-14(20)18-19-15(21)13-4-2-3-7-17-13/h2-8H,9H2,1H3,(H,18,20)(H,19,21). The van der Waals surface area contributed by atoms with Gasteiger partial charge in [0.1, 0.15) is 11.4 Å². The number of amides is 2. The Kier molecular flexibility index (Phi) is 5.48. The van der Waals surface area contributed by atoms with E-state index >= 15 is 0 Å². The third kappa shape index (κ3) is 4.56. The first-order valence-corrected chi connectivity index (χ1v) is 7.25. The van der Waals surface area contributed by atoms with E-state index in [-0.39, 0.29) is 12.3 Å². The fourth-order valence-corrected chi connectivity index (χ4v) is 1.83. The van der Waals surface area contributed by atoms with Crippen molar-refractivity contribution >= 4 is 27.7 Å². The van der Waals surface area contributed by atoms with Crippen molar-refractivity contribution in [3.05, 3.63) is 58.3 Å². The van der Waals surface area contributed by atoms with Gasteiger partial charge < -0.3 is 4.74 Å². The molecule has 0 unspecified atom stereocenters. The van der Waals surface area contributed by atoms with Crippen molar-refractivity contribution in [3.63, 3.8) is 0 Å². The predicted octanol–water partition coefficient (Wildman–Crippen LogP) is 1.99. The van der Waals surface area contributed by atoms with Crippen LogP contribution in [0.4, 0.5) is 0 Å². The molecule has 1 aromatic heterocycles. The van der Waals surface area contributed by atoms with E-state index in [9.17, 15) is 9.59 Å². The van der Waals surface area contributed by atoms with E-state index in [2.05, 4.69) is 31.8 Å². The van der Waals surface area contributed by atoms with Crippen LogP contribution in [0.1, 0.15) is 16.1 Å². The van der Waals surface area contributed by atoms with Crippen molar-refractivity contribution in [1.29, 1.82) is 0 Å². The number of pyridine rings is 1. The normalized spacial score (nSPS) is 9.91. The number of benzene rings is 1. The van der Waals surface area contributed by atoms with Gasteiger partial charge in [0.25, 0.3) is 11.8 Å². The van der Waals surface area contributed by atoms with Gasteiger partial charge in [-0.05, 0) is 42.8 Å². The highest BCUT2D eigenvalue weighted by Gasteiger charge is 2.08. The molecule has 22 heavy (non-hydrogen) atoms. The molecule has 0 spiro atoms. The van der Waals surface area contributed by atoms with Crippen molar-refractivity contribution < 1.29 is 14.3 Å². The maximum atomic E-state index is 11.7. The van der Waals surface area contributed by atoms with Crippen molar-refractivity contribution in [3.8, 4) is 5.75 Å². The summed E-state index contributed by atoms with van der Waals surface area (Å²) >= 11 is 3.38. The SMILES string of the molecule is Cc1cc(OCC(=O)NNC(=O)c2ccccn2)ccc1Br. The lowest BCUT2D eigenvalue weighted by molar-refractivity contribution is -0.123. The number of hydrogen-bond donors (Lipinski definition) is 2. The molecule has 2 rings (SSSR count). The number of rotatable bonds is 4. The van der Waals surface area contributed by atoms with Crippen LogP contribution < -0.4 is 15.6 Å². The molecular formula is C15H14BrN3O3. The van der Waals surface area contributed by atoms with E-state index in [0.29, 0.717) is 5.75 Å². The fourth-order valence-electron chi connectivity index (χ4n) is 1.58. The number of ether oxygens (including phenoxy) is 1. The van der Waals surface area contributed by atoms with Gasteiger partial charge in [-0.25, -0.2) is 0 Å². The van der Waals surface area contributed by atoms with Crippen LogP contribution in [-0.4, -0.2) is 23.4 Å². The molecule has 2 aromatic rings. The van der Waals surface area contributed by atoms with Crippen LogP contribution in [0.3, 0.4) is 0 Å². The summed E-state index contributed by atoms with van der Waals surface area (Å²) < 4.78 is 6.31. The van der Waals surface area contributed by atoms with Crippen molar-refractivity contribution in [1.82, 2.24) is 15.8 Å². The molecule has 0 bridgehead atoms. The molecule has 0 aliphatic rings. The molecule has 0 atom stereocenters. The molecule has 0 saturated heterocycles. The fraction of sp³-hybridized carbons (Fsp3) is 0.133. The number of hydrogen-bond acceptors (Lipinski definition) is 4. The summed E-state index contributed by atoms with van der Waals surface area (Å²) in [5.41, 5.74) is 5.75. The van der Waals surface area contributed by atoms with Gasteiger partial charge in [-0.15, -0.1) is 0 Å². The van der Waals surface area contributed by atoms with E-state index in [0.717, 1.165) is 10.0 Å². The van der Waals surface area contributed by atoms with Crippen LogP contribution in [0, 0.1) is 6.92 Å². The van der Waals surface area contributed by atoms with Gasteiger partial charge in [-0.2, -0.15) is 0 Å². The highest BCUT2D eigenvalue weighted by molar-refractivity contribution is 9.10. The lowest BCUT2D eigenvalue weighted by atomic mass is 10.2.